The molecule has 0 aliphatic heterocycles. The molecule has 0 aromatic rings. The summed E-state index contributed by atoms with van der Waals surface area (Å²) in [4.78, 5) is 0. The Hall–Kier alpha value is -0.510. The fourth-order valence-electron chi connectivity index (χ4n) is 2.36. The van der Waals surface area contributed by atoms with Gasteiger partial charge in [-0.05, 0) is 25.1 Å². The smallest absolute Gasteiger partial charge is 0.166 e. The molecule has 0 aromatic carbocycles. The van der Waals surface area contributed by atoms with Crippen molar-refractivity contribution in [1.82, 2.24) is 10.6 Å². The summed E-state index contributed by atoms with van der Waals surface area (Å²) in [5.74, 6) is 0. The van der Waals surface area contributed by atoms with E-state index in [-0.39, 0.29) is 6.54 Å². The van der Waals surface area contributed by atoms with E-state index in [1.165, 1.54) is 19.3 Å². The first-order valence-electron chi connectivity index (χ1n) is 7.33. The lowest BCUT2D eigenvalue weighted by Crippen LogP contribution is -2.51. The Kier molecular flexibility index (Phi) is 8.38. The van der Waals surface area contributed by atoms with Crippen LogP contribution in [0.5, 0.6) is 0 Å². The van der Waals surface area contributed by atoms with Crippen LogP contribution >= 0.6 is 12.2 Å². The molecule has 1 aliphatic carbocycles. The third kappa shape index (κ3) is 6.41. The van der Waals surface area contributed by atoms with Gasteiger partial charge in [0.05, 0.1) is 12.7 Å². The van der Waals surface area contributed by atoms with E-state index in [2.05, 4.69) is 10.6 Å². The highest BCUT2D eigenvalue weighted by Crippen LogP contribution is 2.17. The first-order chi connectivity index (χ1) is 9.95. The van der Waals surface area contributed by atoms with Gasteiger partial charge in [-0.2, -0.15) is 0 Å². The third-order valence-corrected chi connectivity index (χ3v) is 4.00. The maximum absolute atomic E-state index is 9.73. The predicted molar refractivity (Wildman–Crippen MR) is 81.7 cm³/mol. The van der Waals surface area contributed by atoms with Crippen molar-refractivity contribution in [3.8, 4) is 0 Å². The molecule has 7 nitrogen and oxygen atoms in total. The van der Waals surface area contributed by atoms with Crippen LogP contribution in [0.4, 0.5) is 0 Å². The molecule has 0 heterocycles. The monoisotopic (exact) mass is 322 g/mol. The summed E-state index contributed by atoms with van der Waals surface area (Å²) in [5, 5.41) is 53.1. The summed E-state index contributed by atoms with van der Waals surface area (Å²) in [6.45, 7) is -0.755. The van der Waals surface area contributed by atoms with Crippen molar-refractivity contribution in [3.05, 3.63) is 0 Å². The molecule has 124 valence electrons. The Morgan fingerprint density at radius 1 is 1.00 bits per heavy atom. The molecule has 8 heteroatoms. The van der Waals surface area contributed by atoms with Gasteiger partial charge in [0, 0.05) is 12.6 Å². The van der Waals surface area contributed by atoms with Crippen LogP contribution in [-0.4, -0.2) is 74.3 Å². The molecule has 0 amide bonds. The largest absolute Gasteiger partial charge is 0.394 e. The van der Waals surface area contributed by atoms with Gasteiger partial charge < -0.3 is 36.2 Å². The number of thiocarbonyl (C=S) groups is 1. The molecule has 0 radical (unpaired) electrons. The van der Waals surface area contributed by atoms with Crippen molar-refractivity contribution >= 4 is 17.3 Å². The summed E-state index contributed by atoms with van der Waals surface area (Å²) >= 11 is 5.11. The van der Waals surface area contributed by atoms with Gasteiger partial charge in [0.2, 0.25) is 0 Å². The van der Waals surface area contributed by atoms with Gasteiger partial charge in [-0.25, -0.2) is 0 Å². The fraction of sp³-hybridized carbons (Fsp3) is 0.923. The minimum absolute atomic E-state index is 0.0606. The molecule has 1 saturated carbocycles. The lowest BCUT2D eigenvalue weighted by Gasteiger charge is -2.27. The maximum Gasteiger partial charge on any atom is 0.166 e. The van der Waals surface area contributed by atoms with E-state index in [0.29, 0.717) is 11.2 Å². The van der Waals surface area contributed by atoms with Gasteiger partial charge in [0.15, 0.2) is 5.11 Å². The van der Waals surface area contributed by atoms with Gasteiger partial charge in [0.1, 0.15) is 18.3 Å². The number of rotatable bonds is 7. The second-order valence-corrected chi connectivity index (χ2v) is 5.90. The molecule has 1 rings (SSSR count). The number of aliphatic hydroxyl groups excluding tert-OH is 5. The van der Waals surface area contributed by atoms with E-state index in [4.69, 9.17) is 17.3 Å². The highest BCUT2D eigenvalue weighted by Gasteiger charge is 2.30. The minimum Gasteiger partial charge on any atom is -0.394 e. The van der Waals surface area contributed by atoms with Crippen LogP contribution in [-0.2, 0) is 0 Å². The summed E-state index contributed by atoms with van der Waals surface area (Å²) in [6.07, 6.45) is -0.283. The molecular weight excluding hydrogens is 296 g/mol. The molecule has 0 aromatic heterocycles. The molecule has 0 bridgehead atoms. The zero-order valence-electron chi connectivity index (χ0n) is 12.0. The average Bonchev–Trinajstić information content (AvgIpc) is 2.51. The topological polar surface area (TPSA) is 125 Å². The van der Waals surface area contributed by atoms with Crippen LogP contribution in [0, 0.1) is 0 Å². The van der Waals surface area contributed by atoms with Crippen LogP contribution in [0.15, 0.2) is 0 Å². The Morgan fingerprint density at radius 2 is 1.57 bits per heavy atom. The molecule has 0 unspecified atom stereocenters. The Balaban J connectivity index is 2.27. The summed E-state index contributed by atoms with van der Waals surface area (Å²) in [7, 11) is 0. The summed E-state index contributed by atoms with van der Waals surface area (Å²) < 4.78 is 0. The highest BCUT2D eigenvalue weighted by atomic mass is 32.1. The second-order valence-electron chi connectivity index (χ2n) is 5.49. The number of hydrogen-bond donors (Lipinski definition) is 7. The molecular formula is C13H26N2O5S. The Bertz CT molecular complexity index is 315. The normalized spacial score (nSPS) is 22.1. The first kappa shape index (κ1) is 18.5. The first-order valence-corrected chi connectivity index (χ1v) is 7.74. The van der Waals surface area contributed by atoms with Crippen molar-refractivity contribution in [2.45, 2.75) is 62.6 Å². The van der Waals surface area contributed by atoms with Crippen molar-refractivity contribution in [1.29, 1.82) is 0 Å². The third-order valence-electron chi connectivity index (χ3n) is 3.74. The molecule has 7 N–H and O–H groups in total. The molecule has 21 heavy (non-hydrogen) atoms. The highest BCUT2D eigenvalue weighted by molar-refractivity contribution is 7.80. The molecule has 1 fully saturated rings. The van der Waals surface area contributed by atoms with Crippen LogP contribution in [0.25, 0.3) is 0 Å². The van der Waals surface area contributed by atoms with Crippen LogP contribution < -0.4 is 10.6 Å². The van der Waals surface area contributed by atoms with Crippen LogP contribution in [0.3, 0.4) is 0 Å². The standard InChI is InChI=1S/C13H26N2O5S/c16-7-10(18)12(20)11(19)9(17)6-14-13(21)15-8-4-2-1-3-5-8/h8-12,16-20H,1-7H2,(H2,14,15,21)/t9-,10+,11+,12+/m0/s1. The molecule has 0 spiro atoms. The van der Waals surface area contributed by atoms with Gasteiger partial charge in [-0.3, -0.25) is 0 Å². The zero-order chi connectivity index (χ0) is 15.8. The lowest BCUT2D eigenvalue weighted by molar-refractivity contribution is -0.113. The summed E-state index contributed by atoms with van der Waals surface area (Å²) in [5.41, 5.74) is 0. The van der Waals surface area contributed by atoms with Crippen LogP contribution in [0.1, 0.15) is 32.1 Å². The van der Waals surface area contributed by atoms with Gasteiger partial charge >= 0.3 is 0 Å². The maximum atomic E-state index is 9.73. The minimum atomic E-state index is -1.62. The van der Waals surface area contributed by atoms with Gasteiger partial charge in [0.25, 0.3) is 0 Å². The fourth-order valence-corrected chi connectivity index (χ4v) is 2.61. The van der Waals surface area contributed by atoms with Crippen molar-refractivity contribution < 1.29 is 25.5 Å². The quantitative estimate of drug-likeness (QED) is 0.274. The molecule has 0 saturated heterocycles. The van der Waals surface area contributed by atoms with E-state index in [0.717, 1.165) is 12.8 Å². The van der Waals surface area contributed by atoms with Crippen molar-refractivity contribution in [2.75, 3.05) is 13.2 Å². The lowest BCUT2D eigenvalue weighted by atomic mass is 9.96. The number of aliphatic hydroxyl groups is 5. The second kappa shape index (κ2) is 9.50. The average molecular weight is 322 g/mol. The van der Waals surface area contributed by atoms with E-state index >= 15 is 0 Å². The number of nitrogens with one attached hydrogen (secondary N) is 2. The zero-order valence-corrected chi connectivity index (χ0v) is 12.8. The van der Waals surface area contributed by atoms with Gasteiger partial charge in [-0.1, -0.05) is 19.3 Å². The molecule has 4 atom stereocenters. The predicted octanol–water partition coefficient (Wildman–Crippen LogP) is -1.78. The van der Waals surface area contributed by atoms with Crippen LogP contribution in [0.2, 0.25) is 0 Å². The Morgan fingerprint density at radius 3 is 2.14 bits per heavy atom. The van der Waals surface area contributed by atoms with E-state index < -0.39 is 31.0 Å². The Labute approximate surface area is 130 Å². The van der Waals surface area contributed by atoms with Gasteiger partial charge in [-0.15, -0.1) is 0 Å². The molecule has 1 aliphatic rings. The number of hydrogen-bond acceptors (Lipinski definition) is 6. The summed E-state index contributed by atoms with van der Waals surface area (Å²) in [6, 6.07) is 0.336. The van der Waals surface area contributed by atoms with Crippen molar-refractivity contribution in [3.63, 3.8) is 0 Å². The van der Waals surface area contributed by atoms with Crippen molar-refractivity contribution in [2.24, 2.45) is 0 Å². The van der Waals surface area contributed by atoms with E-state index in [1.807, 2.05) is 0 Å². The van der Waals surface area contributed by atoms with E-state index in [9.17, 15) is 20.4 Å². The van der Waals surface area contributed by atoms with E-state index in [1.54, 1.807) is 0 Å². The SMILES string of the molecule is OC[C@@H](O)[C@@H](O)[C@H](O)[C@@H](O)CNC(=S)NC1CCCCC1.